The molecule has 12 nitrogen and oxygen atoms in total. The molecule has 0 bridgehead atoms. The average Bonchev–Trinajstić information content (AvgIpc) is 2.99. The van der Waals surface area contributed by atoms with Crippen LogP contribution < -0.4 is 11.2 Å². The summed E-state index contributed by atoms with van der Waals surface area (Å²) in [6.45, 7) is 4.28. The molecular formula is C30H35N9O3. The van der Waals surface area contributed by atoms with Crippen molar-refractivity contribution in [3.05, 3.63) is 71.2 Å². The number of rotatable bonds is 12. The van der Waals surface area contributed by atoms with Crippen molar-refractivity contribution in [2.75, 3.05) is 38.7 Å². The predicted octanol–water partition coefficient (Wildman–Crippen LogP) is 3.05. The van der Waals surface area contributed by atoms with E-state index in [9.17, 15) is 10.1 Å². The fourth-order valence-electron chi connectivity index (χ4n) is 4.83. The van der Waals surface area contributed by atoms with Gasteiger partial charge < -0.3 is 21.0 Å². The Labute approximate surface area is 245 Å². The number of pyridine rings is 1. The molecule has 12 heteroatoms. The summed E-state index contributed by atoms with van der Waals surface area (Å²) in [5.74, 6) is 5.63. The number of ether oxygens (including phenoxy) is 1. The summed E-state index contributed by atoms with van der Waals surface area (Å²) in [7, 11) is 1.62. The number of nitrogens with one attached hydrogen (secondary N) is 1. The molecule has 0 radical (unpaired) electrons. The standard InChI is InChI=1S/C30H35N9O3/c1-20(19-42-2)34-30-36-26(23-6-3-5-21(13-23)15-31)14-27(37-30)28(38-32)17-33-16-24-7-4-8-25(35-24)22-9-11-39(12-10-22)18-29(40)41/h3-8,13-14,17,20,22H,9-12,16,18-19,32H2,1-2H3,(H,40,41)(H,34,36,37)/b33-17?,38-28+/t20-/m1/s1. The van der Waals surface area contributed by atoms with Gasteiger partial charge in [0.2, 0.25) is 5.95 Å². The van der Waals surface area contributed by atoms with Gasteiger partial charge in [0, 0.05) is 30.3 Å². The summed E-state index contributed by atoms with van der Waals surface area (Å²) in [6.07, 6.45) is 3.30. The van der Waals surface area contributed by atoms with Crippen LogP contribution in [0.2, 0.25) is 0 Å². The lowest BCUT2D eigenvalue weighted by molar-refractivity contribution is -0.138. The highest BCUT2D eigenvalue weighted by Crippen LogP contribution is 2.27. The smallest absolute Gasteiger partial charge is 0.317 e. The third-order valence-electron chi connectivity index (χ3n) is 6.87. The maximum atomic E-state index is 11.0. The van der Waals surface area contributed by atoms with Crippen LogP contribution in [0.3, 0.4) is 0 Å². The fourth-order valence-corrected chi connectivity index (χ4v) is 4.83. The minimum atomic E-state index is -0.800. The van der Waals surface area contributed by atoms with Crippen molar-refractivity contribution in [2.24, 2.45) is 15.9 Å². The van der Waals surface area contributed by atoms with Crippen LogP contribution >= 0.6 is 0 Å². The number of aliphatic carboxylic acids is 1. The highest BCUT2D eigenvalue weighted by atomic mass is 16.5. The normalized spacial score (nSPS) is 15.4. The maximum Gasteiger partial charge on any atom is 0.317 e. The van der Waals surface area contributed by atoms with Gasteiger partial charge >= 0.3 is 5.97 Å². The van der Waals surface area contributed by atoms with Gasteiger partial charge in [-0.05, 0) is 63.2 Å². The van der Waals surface area contributed by atoms with Crippen molar-refractivity contribution < 1.29 is 14.6 Å². The minimum Gasteiger partial charge on any atom is -0.480 e. The number of carbonyl (C=O) groups is 1. The number of nitrogens with zero attached hydrogens (tertiary/aromatic N) is 7. The molecule has 1 saturated heterocycles. The van der Waals surface area contributed by atoms with Crippen LogP contribution in [0.15, 0.2) is 58.6 Å². The van der Waals surface area contributed by atoms with Crippen molar-refractivity contribution in [3.63, 3.8) is 0 Å². The SMILES string of the molecule is COC[C@@H](C)Nc1nc(/C(C=NCc2cccc(C3CCN(CC(=O)O)CC3)n2)=N/N)cc(-c2cccc(C#N)c2)n1. The monoisotopic (exact) mass is 569 g/mol. The first-order valence-electron chi connectivity index (χ1n) is 13.7. The van der Waals surface area contributed by atoms with Crippen molar-refractivity contribution in [1.82, 2.24) is 19.9 Å². The van der Waals surface area contributed by atoms with Crippen LogP contribution in [0.25, 0.3) is 11.3 Å². The zero-order valence-corrected chi connectivity index (χ0v) is 23.8. The molecule has 4 rings (SSSR count). The number of hydrogen-bond acceptors (Lipinski definition) is 11. The number of aliphatic imine (C=N–C) groups is 1. The Morgan fingerprint density at radius 3 is 2.74 bits per heavy atom. The molecule has 1 atom stereocenters. The number of likely N-dealkylation sites (tertiary alicyclic amines) is 1. The lowest BCUT2D eigenvalue weighted by Gasteiger charge is -2.30. The third-order valence-corrected chi connectivity index (χ3v) is 6.87. The average molecular weight is 570 g/mol. The van der Waals surface area contributed by atoms with E-state index in [-0.39, 0.29) is 18.5 Å². The number of methoxy groups -OCH3 is 1. The van der Waals surface area contributed by atoms with Crippen LogP contribution in [0.4, 0.5) is 5.95 Å². The van der Waals surface area contributed by atoms with E-state index in [4.69, 9.17) is 20.7 Å². The van der Waals surface area contributed by atoms with Gasteiger partial charge in [-0.15, -0.1) is 0 Å². The molecule has 0 aliphatic carbocycles. The number of aromatic nitrogens is 3. The molecular weight excluding hydrogens is 534 g/mol. The molecule has 0 amide bonds. The van der Waals surface area contributed by atoms with Gasteiger partial charge in [0.1, 0.15) is 5.71 Å². The quantitative estimate of drug-likeness (QED) is 0.167. The number of hydrogen-bond donors (Lipinski definition) is 3. The number of piperidine rings is 1. The van der Waals surface area contributed by atoms with E-state index in [1.807, 2.05) is 36.1 Å². The summed E-state index contributed by atoms with van der Waals surface area (Å²) in [5.41, 5.74) is 4.50. The van der Waals surface area contributed by atoms with E-state index >= 15 is 0 Å². The first kappa shape index (κ1) is 30.2. The first-order valence-corrected chi connectivity index (χ1v) is 13.7. The van der Waals surface area contributed by atoms with E-state index in [0.717, 1.165) is 42.9 Å². The van der Waals surface area contributed by atoms with E-state index in [1.54, 1.807) is 37.6 Å². The minimum absolute atomic E-state index is 0.0572. The molecule has 4 N–H and O–H groups in total. The number of hydrazone groups is 1. The van der Waals surface area contributed by atoms with Gasteiger partial charge in [-0.25, -0.2) is 9.97 Å². The van der Waals surface area contributed by atoms with Gasteiger partial charge in [-0.1, -0.05) is 18.2 Å². The molecule has 1 fully saturated rings. The van der Waals surface area contributed by atoms with Crippen molar-refractivity contribution in [2.45, 2.75) is 38.3 Å². The van der Waals surface area contributed by atoms with Crippen LogP contribution in [-0.2, 0) is 16.1 Å². The second kappa shape index (κ2) is 14.8. The highest BCUT2D eigenvalue weighted by molar-refractivity contribution is 6.37. The number of nitriles is 1. The van der Waals surface area contributed by atoms with Gasteiger partial charge in [0.05, 0.1) is 54.6 Å². The zero-order chi connectivity index (χ0) is 29.9. The summed E-state index contributed by atoms with van der Waals surface area (Å²) in [4.78, 5) is 31.6. The molecule has 218 valence electrons. The molecule has 0 unspecified atom stereocenters. The maximum absolute atomic E-state index is 11.0. The Balaban J connectivity index is 1.51. The van der Waals surface area contributed by atoms with Crippen molar-refractivity contribution in [1.29, 1.82) is 5.26 Å². The highest BCUT2D eigenvalue weighted by Gasteiger charge is 2.23. The summed E-state index contributed by atoms with van der Waals surface area (Å²) < 4.78 is 5.23. The molecule has 3 aromatic rings. The number of anilines is 1. The largest absolute Gasteiger partial charge is 0.480 e. The second-order valence-electron chi connectivity index (χ2n) is 10.1. The summed E-state index contributed by atoms with van der Waals surface area (Å²) >= 11 is 0. The summed E-state index contributed by atoms with van der Waals surface area (Å²) in [5, 5.41) is 25.6. The van der Waals surface area contributed by atoms with Crippen LogP contribution in [-0.4, -0.2) is 82.2 Å². The molecule has 1 aromatic carbocycles. The molecule has 0 spiro atoms. The van der Waals surface area contributed by atoms with E-state index in [0.29, 0.717) is 41.8 Å². The number of benzene rings is 1. The predicted molar refractivity (Wildman–Crippen MR) is 160 cm³/mol. The lowest BCUT2D eigenvalue weighted by Crippen LogP contribution is -2.36. The Morgan fingerprint density at radius 2 is 2.02 bits per heavy atom. The Hall–Kier alpha value is -4.73. The van der Waals surface area contributed by atoms with Gasteiger partial charge in [-0.3, -0.25) is 19.7 Å². The van der Waals surface area contributed by atoms with Crippen LogP contribution in [0.1, 0.15) is 48.3 Å². The molecule has 0 saturated carbocycles. The van der Waals surface area contributed by atoms with Gasteiger partial charge in [0.15, 0.2) is 0 Å². The Bertz CT molecular complexity index is 1480. The third kappa shape index (κ3) is 8.39. The Kier molecular flexibility index (Phi) is 10.6. The number of carboxylic acids is 1. The van der Waals surface area contributed by atoms with Crippen molar-refractivity contribution >= 4 is 23.8 Å². The van der Waals surface area contributed by atoms with E-state index in [1.165, 1.54) is 0 Å². The lowest BCUT2D eigenvalue weighted by atomic mass is 9.93. The molecule has 2 aromatic heterocycles. The van der Waals surface area contributed by atoms with Gasteiger partial charge in [0.25, 0.3) is 0 Å². The van der Waals surface area contributed by atoms with E-state index < -0.39 is 5.97 Å². The molecule has 1 aliphatic rings. The topological polar surface area (TPSA) is 175 Å². The fraction of sp³-hybridized carbons (Fsp3) is 0.367. The number of nitrogens with two attached hydrogens (primary N) is 1. The zero-order valence-electron chi connectivity index (χ0n) is 23.8. The van der Waals surface area contributed by atoms with Crippen LogP contribution in [0, 0.1) is 11.3 Å². The first-order chi connectivity index (χ1) is 20.4. The van der Waals surface area contributed by atoms with Crippen molar-refractivity contribution in [3.8, 4) is 17.3 Å². The molecule has 1 aliphatic heterocycles. The Morgan fingerprint density at radius 1 is 1.24 bits per heavy atom. The van der Waals surface area contributed by atoms with E-state index in [2.05, 4.69) is 31.4 Å². The molecule has 42 heavy (non-hydrogen) atoms. The van der Waals surface area contributed by atoms with Crippen LogP contribution in [0.5, 0.6) is 0 Å². The number of carboxylic acid groups (broad SMARTS) is 1. The summed E-state index contributed by atoms with van der Waals surface area (Å²) in [6, 6.07) is 16.9. The second-order valence-corrected chi connectivity index (χ2v) is 10.1. The molecule has 3 heterocycles. The van der Waals surface area contributed by atoms with Gasteiger partial charge in [-0.2, -0.15) is 10.4 Å².